The molecule has 4 rings (SSSR count). The number of halogens is 1. The van der Waals surface area contributed by atoms with E-state index in [2.05, 4.69) is 21.2 Å². The third-order valence-corrected chi connectivity index (χ3v) is 7.54. The zero-order valence-electron chi connectivity index (χ0n) is 18.6. The number of ether oxygens (including phenoxy) is 3. The fourth-order valence-electron chi connectivity index (χ4n) is 3.41. The van der Waals surface area contributed by atoms with Crippen LogP contribution in [0, 0.1) is 6.92 Å². The smallest absolute Gasteiger partial charge is 0.264 e. The van der Waals surface area contributed by atoms with Crippen LogP contribution in [0.25, 0.3) is 0 Å². The Labute approximate surface area is 206 Å². The Hall–Kier alpha value is -3.24. The van der Waals surface area contributed by atoms with Crippen LogP contribution in [0.5, 0.6) is 17.2 Å². The van der Waals surface area contributed by atoms with Gasteiger partial charge in [-0.1, -0.05) is 17.7 Å². The van der Waals surface area contributed by atoms with Gasteiger partial charge in [-0.3, -0.25) is 9.10 Å². The molecule has 8 nitrogen and oxygen atoms in total. The van der Waals surface area contributed by atoms with Crippen molar-refractivity contribution in [2.24, 2.45) is 0 Å². The Bertz CT molecular complexity index is 1310. The molecule has 0 radical (unpaired) electrons. The summed E-state index contributed by atoms with van der Waals surface area (Å²) in [5.41, 5.74) is 1.81. The molecular formula is C24H23BrN2O6S. The van der Waals surface area contributed by atoms with Crippen LogP contribution in [0.2, 0.25) is 0 Å². The molecule has 1 aliphatic heterocycles. The highest BCUT2D eigenvalue weighted by molar-refractivity contribution is 9.10. The van der Waals surface area contributed by atoms with Crippen LogP contribution in [0.1, 0.15) is 5.56 Å². The van der Waals surface area contributed by atoms with E-state index < -0.39 is 22.5 Å². The molecule has 3 aromatic rings. The number of nitrogens with zero attached hydrogens (tertiary/aromatic N) is 1. The molecule has 3 aromatic carbocycles. The molecule has 0 aliphatic carbocycles. The summed E-state index contributed by atoms with van der Waals surface area (Å²) in [6, 6.07) is 16.4. The molecule has 0 unspecified atom stereocenters. The molecule has 178 valence electrons. The fourth-order valence-corrected chi connectivity index (χ4v) is 5.55. The summed E-state index contributed by atoms with van der Waals surface area (Å²) in [4.78, 5) is 13.0. The van der Waals surface area contributed by atoms with E-state index in [1.165, 1.54) is 19.2 Å². The quantitative estimate of drug-likeness (QED) is 0.472. The van der Waals surface area contributed by atoms with Crippen molar-refractivity contribution in [3.8, 4) is 17.2 Å². The first-order valence-corrected chi connectivity index (χ1v) is 12.6. The zero-order valence-corrected chi connectivity index (χ0v) is 21.0. The van der Waals surface area contributed by atoms with Crippen molar-refractivity contribution < 1.29 is 27.4 Å². The standard InChI is InChI=1S/C24H23BrN2O6S/c1-16-3-6-18(7-4-16)27(34(29,30)19-8-10-21(31-2)20(25)14-19)15-24(28)26-17-5-9-22-23(13-17)33-12-11-32-22/h3-10,13-14H,11-12,15H2,1-2H3,(H,26,28). The summed E-state index contributed by atoms with van der Waals surface area (Å²) < 4.78 is 45.0. The Balaban J connectivity index is 1.63. The molecule has 1 N–H and O–H groups in total. The van der Waals surface area contributed by atoms with E-state index in [0.29, 0.717) is 46.3 Å². The van der Waals surface area contributed by atoms with Crippen molar-refractivity contribution in [2.45, 2.75) is 11.8 Å². The predicted octanol–water partition coefficient (Wildman–Crippen LogP) is 4.37. The van der Waals surface area contributed by atoms with Gasteiger partial charge in [-0.05, 0) is 65.3 Å². The molecule has 0 saturated heterocycles. The SMILES string of the molecule is COc1ccc(S(=O)(=O)N(CC(=O)Nc2ccc3c(c2)OCCO3)c2ccc(C)cc2)cc1Br. The highest BCUT2D eigenvalue weighted by Gasteiger charge is 2.28. The molecule has 0 bridgehead atoms. The minimum absolute atomic E-state index is 0.0212. The topological polar surface area (TPSA) is 94.2 Å². The number of hydrogen-bond donors (Lipinski definition) is 1. The van der Waals surface area contributed by atoms with Gasteiger partial charge in [0, 0.05) is 11.8 Å². The van der Waals surface area contributed by atoms with Gasteiger partial charge >= 0.3 is 0 Å². The first-order valence-electron chi connectivity index (χ1n) is 10.4. The molecule has 1 aliphatic rings. The van der Waals surface area contributed by atoms with Crippen LogP contribution in [-0.4, -0.2) is 41.2 Å². The second-order valence-electron chi connectivity index (χ2n) is 7.55. The highest BCUT2D eigenvalue weighted by atomic mass is 79.9. The van der Waals surface area contributed by atoms with Crippen LogP contribution in [0.15, 0.2) is 70.0 Å². The second kappa shape index (κ2) is 9.94. The number of hydrogen-bond acceptors (Lipinski definition) is 6. The van der Waals surface area contributed by atoms with E-state index in [4.69, 9.17) is 14.2 Å². The van der Waals surface area contributed by atoms with Crippen molar-refractivity contribution >= 4 is 43.2 Å². The Kier molecular flexibility index (Phi) is 6.99. The maximum atomic E-state index is 13.6. The van der Waals surface area contributed by atoms with Crippen LogP contribution in [0.3, 0.4) is 0 Å². The second-order valence-corrected chi connectivity index (χ2v) is 10.3. The minimum atomic E-state index is -4.07. The molecule has 34 heavy (non-hydrogen) atoms. The Morgan fingerprint density at radius 2 is 1.74 bits per heavy atom. The Morgan fingerprint density at radius 1 is 1.03 bits per heavy atom. The average Bonchev–Trinajstić information content (AvgIpc) is 2.83. The lowest BCUT2D eigenvalue weighted by atomic mass is 10.2. The van der Waals surface area contributed by atoms with E-state index in [0.717, 1.165) is 9.87 Å². The number of amides is 1. The van der Waals surface area contributed by atoms with E-state index in [-0.39, 0.29) is 4.90 Å². The number of fused-ring (bicyclic) bond motifs is 1. The monoisotopic (exact) mass is 546 g/mol. The third-order valence-electron chi connectivity index (χ3n) is 5.15. The van der Waals surface area contributed by atoms with Gasteiger partial charge in [-0.2, -0.15) is 0 Å². The van der Waals surface area contributed by atoms with Gasteiger partial charge in [0.25, 0.3) is 10.0 Å². The fraction of sp³-hybridized carbons (Fsp3) is 0.208. The average molecular weight is 547 g/mol. The first kappa shape index (κ1) is 23.9. The normalized spacial score (nSPS) is 12.7. The molecule has 0 fully saturated rings. The van der Waals surface area contributed by atoms with E-state index in [1.54, 1.807) is 48.5 Å². The van der Waals surface area contributed by atoms with Crippen LogP contribution < -0.4 is 23.8 Å². The molecule has 10 heteroatoms. The van der Waals surface area contributed by atoms with Crippen molar-refractivity contribution in [1.29, 1.82) is 0 Å². The van der Waals surface area contributed by atoms with Gasteiger partial charge in [0.1, 0.15) is 25.5 Å². The van der Waals surface area contributed by atoms with Gasteiger partial charge in [-0.25, -0.2) is 8.42 Å². The maximum Gasteiger partial charge on any atom is 0.264 e. The number of carbonyl (C=O) groups is 1. The number of rotatable bonds is 7. The summed E-state index contributed by atoms with van der Waals surface area (Å²) in [7, 11) is -2.58. The van der Waals surface area contributed by atoms with Crippen LogP contribution in [-0.2, 0) is 14.8 Å². The van der Waals surface area contributed by atoms with E-state index in [9.17, 15) is 13.2 Å². The van der Waals surface area contributed by atoms with Crippen molar-refractivity contribution in [1.82, 2.24) is 0 Å². The van der Waals surface area contributed by atoms with Gasteiger partial charge in [-0.15, -0.1) is 0 Å². The number of nitrogens with one attached hydrogen (secondary N) is 1. The van der Waals surface area contributed by atoms with Crippen LogP contribution in [0.4, 0.5) is 11.4 Å². The summed E-state index contributed by atoms with van der Waals surface area (Å²) in [5.74, 6) is 1.11. The summed E-state index contributed by atoms with van der Waals surface area (Å²) in [5, 5.41) is 2.75. The molecule has 0 spiro atoms. The molecule has 1 heterocycles. The van der Waals surface area contributed by atoms with Crippen molar-refractivity contribution in [2.75, 3.05) is 36.5 Å². The predicted molar refractivity (Wildman–Crippen MR) is 132 cm³/mol. The van der Waals surface area contributed by atoms with Gasteiger partial charge in [0.15, 0.2) is 11.5 Å². The molecule has 1 amide bonds. The number of aryl methyl sites for hydroxylation is 1. The van der Waals surface area contributed by atoms with Gasteiger partial charge in [0.2, 0.25) is 5.91 Å². The number of methoxy groups -OCH3 is 1. The lowest BCUT2D eigenvalue weighted by molar-refractivity contribution is -0.114. The molecule has 0 atom stereocenters. The largest absolute Gasteiger partial charge is 0.496 e. The van der Waals surface area contributed by atoms with Gasteiger partial charge in [0.05, 0.1) is 22.2 Å². The highest BCUT2D eigenvalue weighted by Crippen LogP contribution is 2.33. The molecular weight excluding hydrogens is 524 g/mol. The van der Waals surface area contributed by atoms with E-state index in [1.807, 2.05) is 6.92 Å². The van der Waals surface area contributed by atoms with E-state index >= 15 is 0 Å². The van der Waals surface area contributed by atoms with Crippen molar-refractivity contribution in [3.63, 3.8) is 0 Å². The Morgan fingerprint density at radius 3 is 2.41 bits per heavy atom. The number of carbonyl (C=O) groups excluding carboxylic acids is 1. The third kappa shape index (κ3) is 5.13. The first-order chi connectivity index (χ1) is 16.3. The number of anilines is 2. The molecule has 0 saturated carbocycles. The zero-order chi connectivity index (χ0) is 24.3. The lowest BCUT2D eigenvalue weighted by Gasteiger charge is -2.25. The number of benzene rings is 3. The van der Waals surface area contributed by atoms with Crippen molar-refractivity contribution in [3.05, 3.63) is 70.7 Å². The minimum Gasteiger partial charge on any atom is -0.496 e. The van der Waals surface area contributed by atoms with Crippen LogP contribution >= 0.6 is 15.9 Å². The molecule has 0 aromatic heterocycles. The van der Waals surface area contributed by atoms with Gasteiger partial charge < -0.3 is 19.5 Å². The lowest BCUT2D eigenvalue weighted by Crippen LogP contribution is -2.38. The summed E-state index contributed by atoms with van der Waals surface area (Å²) in [6.45, 7) is 2.35. The summed E-state index contributed by atoms with van der Waals surface area (Å²) >= 11 is 3.33. The number of sulfonamides is 1. The maximum absolute atomic E-state index is 13.6. The summed E-state index contributed by atoms with van der Waals surface area (Å²) in [6.07, 6.45) is 0.